The smallest absolute Gasteiger partial charge is 0.274 e. The molecule has 0 saturated carbocycles. The number of non-ortho nitro benzene ring substituents is 1. The van der Waals surface area contributed by atoms with Crippen molar-refractivity contribution in [3.05, 3.63) is 52.6 Å². The molecule has 0 amide bonds. The topological polar surface area (TPSA) is 69.4 Å². The van der Waals surface area contributed by atoms with Crippen LogP contribution in [0.5, 0.6) is 5.75 Å². The first-order valence-electron chi connectivity index (χ1n) is 5.64. The Bertz CT molecular complexity index is 741. The number of hydrogen-bond donors (Lipinski definition) is 0. The van der Waals surface area contributed by atoms with Gasteiger partial charge in [-0.2, -0.15) is 0 Å². The molecule has 0 bridgehead atoms. The van der Waals surface area contributed by atoms with E-state index in [0.29, 0.717) is 16.6 Å². The van der Waals surface area contributed by atoms with Gasteiger partial charge in [0.15, 0.2) is 0 Å². The molecule has 0 saturated heterocycles. The van der Waals surface area contributed by atoms with E-state index in [-0.39, 0.29) is 5.69 Å². The molecular formula is C13H10NO4P. The van der Waals surface area contributed by atoms with Crippen molar-refractivity contribution in [3.8, 4) is 16.9 Å². The summed E-state index contributed by atoms with van der Waals surface area (Å²) in [5.41, 5.74) is 1.33. The lowest BCUT2D eigenvalue weighted by molar-refractivity contribution is -0.384. The summed E-state index contributed by atoms with van der Waals surface area (Å²) in [6.45, 7) is 1.55. The van der Waals surface area contributed by atoms with Gasteiger partial charge in [-0.05, 0) is 17.7 Å². The second kappa shape index (κ2) is 3.93. The number of hydrogen-bond acceptors (Lipinski definition) is 4. The van der Waals surface area contributed by atoms with Crippen molar-refractivity contribution in [3.63, 3.8) is 0 Å². The lowest BCUT2D eigenvalue weighted by Crippen LogP contribution is -2.16. The zero-order valence-electron chi connectivity index (χ0n) is 10.1. The Morgan fingerprint density at radius 3 is 2.63 bits per heavy atom. The molecule has 0 radical (unpaired) electrons. The van der Waals surface area contributed by atoms with Gasteiger partial charge in [-0.3, -0.25) is 14.7 Å². The molecule has 1 heterocycles. The Kier molecular flexibility index (Phi) is 2.47. The van der Waals surface area contributed by atoms with E-state index in [0.717, 1.165) is 5.56 Å². The lowest BCUT2D eigenvalue weighted by Gasteiger charge is -2.25. The number of fused-ring (bicyclic) bond motifs is 3. The van der Waals surface area contributed by atoms with E-state index < -0.39 is 12.3 Å². The van der Waals surface area contributed by atoms with Crippen LogP contribution in [0.2, 0.25) is 0 Å². The van der Waals surface area contributed by atoms with Crippen LogP contribution < -0.4 is 9.83 Å². The number of nitro benzene ring substituents is 1. The average molecular weight is 275 g/mol. The van der Waals surface area contributed by atoms with Crippen LogP contribution in [0.1, 0.15) is 0 Å². The third-order valence-electron chi connectivity index (χ3n) is 3.08. The minimum Gasteiger partial charge on any atom is -0.439 e. The maximum atomic E-state index is 12.5. The Labute approximate surface area is 109 Å². The fourth-order valence-corrected chi connectivity index (χ4v) is 3.84. The van der Waals surface area contributed by atoms with Gasteiger partial charge < -0.3 is 4.52 Å². The largest absolute Gasteiger partial charge is 0.439 e. The average Bonchev–Trinajstić information content (AvgIpc) is 2.38. The van der Waals surface area contributed by atoms with E-state index in [1.54, 1.807) is 24.9 Å². The van der Waals surface area contributed by atoms with Crippen LogP contribution in [0.15, 0.2) is 42.5 Å². The van der Waals surface area contributed by atoms with Crippen molar-refractivity contribution < 1.29 is 14.0 Å². The molecule has 0 fully saturated rings. The second-order valence-corrected chi connectivity index (χ2v) is 6.75. The van der Waals surface area contributed by atoms with Crippen molar-refractivity contribution in [2.75, 3.05) is 6.66 Å². The monoisotopic (exact) mass is 275 g/mol. The summed E-state index contributed by atoms with van der Waals surface area (Å²) in [6, 6.07) is 11.4. The molecule has 1 atom stereocenters. The van der Waals surface area contributed by atoms with Crippen molar-refractivity contribution in [2.24, 2.45) is 0 Å². The zero-order chi connectivity index (χ0) is 13.6. The number of benzene rings is 2. The number of nitrogens with zero attached hydrogens (tertiary/aromatic N) is 1. The Balaban J connectivity index is 2.31. The first kappa shape index (κ1) is 11.9. The molecule has 96 valence electrons. The Hall–Kier alpha value is -2.13. The molecule has 1 unspecified atom stereocenters. The molecule has 19 heavy (non-hydrogen) atoms. The first-order valence-corrected chi connectivity index (χ1v) is 7.72. The molecule has 0 N–H and O–H groups in total. The van der Waals surface area contributed by atoms with Gasteiger partial charge in [0.2, 0.25) is 0 Å². The van der Waals surface area contributed by atoms with E-state index in [1.807, 2.05) is 6.07 Å². The van der Waals surface area contributed by atoms with Crippen molar-refractivity contribution in [1.29, 1.82) is 0 Å². The summed E-state index contributed by atoms with van der Waals surface area (Å²) in [4.78, 5) is 10.4. The highest BCUT2D eigenvalue weighted by Crippen LogP contribution is 2.52. The molecule has 1 aliphatic rings. The molecule has 1 aliphatic heterocycles. The highest BCUT2D eigenvalue weighted by molar-refractivity contribution is 7.67. The Morgan fingerprint density at radius 2 is 1.89 bits per heavy atom. The van der Waals surface area contributed by atoms with Crippen LogP contribution in [0.4, 0.5) is 5.69 Å². The molecule has 3 rings (SSSR count). The summed E-state index contributed by atoms with van der Waals surface area (Å²) in [5.74, 6) is 0.426. The van der Waals surface area contributed by atoms with Crippen LogP contribution >= 0.6 is 7.37 Å². The van der Waals surface area contributed by atoms with E-state index in [1.165, 1.54) is 18.2 Å². The van der Waals surface area contributed by atoms with Gasteiger partial charge in [-0.1, -0.05) is 18.2 Å². The van der Waals surface area contributed by atoms with Crippen LogP contribution in [-0.4, -0.2) is 11.6 Å². The van der Waals surface area contributed by atoms with Gasteiger partial charge in [0.1, 0.15) is 5.75 Å². The fourth-order valence-electron chi connectivity index (χ4n) is 2.21. The predicted octanol–water partition coefficient (Wildman–Crippen LogP) is 3.19. The molecule has 0 aromatic heterocycles. The van der Waals surface area contributed by atoms with Gasteiger partial charge in [0.05, 0.1) is 10.2 Å². The first-order chi connectivity index (χ1) is 8.99. The molecule has 5 nitrogen and oxygen atoms in total. The number of nitro groups is 1. The van der Waals surface area contributed by atoms with Crippen LogP contribution in [-0.2, 0) is 4.57 Å². The molecule has 2 aromatic rings. The number of rotatable bonds is 1. The van der Waals surface area contributed by atoms with Crippen LogP contribution in [0, 0.1) is 10.1 Å². The summed E-state index contributed by atoms with van der Waals surface area (Å²) >= 11 is 0. The predicted molar refractivity (Wildman–Crippen MR) is 72.3 cm³/mol. The second-order valence-electron chi connectivity index (χ2n) is 4.39. The van der Waals surface area contributed by atoms with Crippen molar-refractivity contribution in [2.45, 2.75) is 0 Å². The maximum Gasteiger partial charge on any atom is 0.274 e. The zero-order valence-corrected chi connectivity index (χ0v) is 11.0. The molecule has 2 aromatic carbocycles. The normalized spacial score (nSPS) is 20.1. The third-order valence-corrected chi connectivity index (χ3v) is 4.89. The highest BCUT2D eigenvalue weighted by atomic mass is 31.2. The van der Waals surface area contributed by atoms with Crippen molar-refractivity contribution >= 4 is 18.4 Å². The summed E-state index contributed by atoms with van der Waals surface area (Å²) < 4.78 is 18.0. The van der Waals surface area contributed by atoms with Gasteiger partial charge in [-0.25, -0.2) is 0 Å². The van der Waals surface area contributed by atoms with Crippen LogP contribution in [0.3, 0.4) is 0 Å². The maximum absolute atomic E-state index is 12.5. The molecule has 0 spiro atoms. The van der Waals surface area contributed by atoms with Crippen LogP contribution in [0.25, 0.3) is 11.1 Å². The fraction of sp³-hybridized carbons (Fsp3) is 0.0769. The van der Waals surface area contributed by atoms with Gasteiger partial charge >= 0.3 is 0 Å². The van der Waals surface area contributed by atoms with Crippen molar-refractivity contribution in [1.82, 2.24) is 0 Å². The minimum atomic E-state index is -2.92. The van der Waals surface area contributed by atoms with Gasteiger partial charge in [0, 0.05) is 24.4 Å². The standard InChI is InChI=1S/C13H10NO4P/c1-19(17)13-5-3-2-4-10(13)11-8-9(14(15)16)6-7-12(11)18-19/h2-8H,1H3. The summed E-state index contributed by atoms with van der Waals surface area (Å²) in [5, 5.41) is 11.4. The van der Waals surface area contributed by atoms with E-state index >= 15 is 0 Å². The van der Waals surface area contributed by atoms with Gasteiger partial charge in [-0.15, -0.1) is 0 Å². The third kappa shape index (κ3) is 1.83. The van der Waals surface area contributed by atoms with E-state index in [9.17, 15) is 14.7 Å². The molecular weight excluding hydrogens is 265 g/mol. The molecule has 0 aliphatic carbocycles. The molecule has 6 heteroatoms. The minimum absolute atomic E-state index is 0.00927. The summed E-state index contributed by atoms with van der Waals surface area (Å²) in [7, 11) is -2.92. The lowest BCUT2D eigenvalue weighted by atomic mass is 10.0. The van der Waals surface area contributed by atoms with E-state index in [4.69, 9.17) is 4.52 Å². The highest BCUT2D eigenvalue weighted by Gasteiger charge is 2.32. The summed E-state index contributed by atoms with van der Waals surface area (Å²) in [6.07, 6.45) is 0. The SMILES string of the molecule is CP1(=O)Oc2ccc([N+](=O)[O-])cc2-c2ccccc21. The quantitative estimate of drug-likeness (QED) is 0.455. The van der Waals surface area contributed by atoms with E-state index in [2.05, 4.69) is 0 Å². The van der Waals surface area contributed by atoms with Gasteiger partial charge in [0.25, 0.3) is 13.1 Å². The Morgan fingerprint density at radius 1 is 1.16 bits per heavy atom.